The van der Waals surface area contributed by atoms with Gasteiger partial charge in [0.25, 0.3) is 0 Å². The molecule has 7 heteroatoms. The van der Waals surface area contributed by atoms with Gasteiger partial charge in [-0.25, -0.2) is 4.39 Å². The second-order valence-electron chi connectivity index (χ2n) is 6.07. The molecule has 0 aromatic heterocycles. The maximum absolute atomic E-state index is 13.4. The van der Waals surface area contributed by atoms with Gasteiger partial charge in [0, 0.05) is 38.5 Å². The summed E-state index contributed by atoms with van der Waals surface area (Å²) in [5.74, 6) is -1.45. The molecule has 2 aliphatic rings. The number of hydrogen-bond acceptors (Lipinski definition) is 4. The van der Waals surface area contributed by atoms with Crippen molar-refractivity contribution in [1.82, 2.24) is 4.90 Å². The van der Waals surface area contributed by atoms with Crippen molar-refractivity contribution in [2.75, 3.05) is 37.7 Å². The first-order valence-corrected chi connectivity index (χ1v) is 8.08. The SMILES string of the molecule is CC(=O)N(CC(=O)N1CCC2(CC1)OCCO2)c1cccc(F)c1. The first-order chi connectivity index (χ1) is 11.5. The maximum Gasteiger partial charge on any atom is 0.242 e. The van der Waals surface area contributed by atoms with Crippen LogP contribution < -0.4 is 4.90 Å². The van der Waals surface area contributed by atoms with Gasteiger partial charge in [0.1, 0.15) is 12.4 Å². The van der Waals surface area contributed by atoms with E-state index in [0.717, 1.165) is 0 Å². The van der Waals surface area contributed by atoms with E-state index in [2.05, 4.69) is 0 Å². The van der Waals surface area contributed by atoms with Crippen LogP contribution in [0.3, 0.4) is 0 Å². The fourth-order valence-electron chi connectivity index (χ4n) is 3.15. The number of carbonyl (C=O) groups excluding carboxylic acids is 2. The largest absolute Gasteiger partial charge is 0.347 e. The number of rotatable bonds is 3. The number of anilines is 1. The lowest BCUT2D eigenvalue weighted by Gasteiger charge is -2.38. The van der Waals surface area contributed by atoms with E-state index in [-0.39, 0.29) is 18.4 Å². The van der Waals surface area contributed by atoms with E-state index in [9.17, 15) is 14.0 Å². The topological polar surface area (TPSA) is 59.1 Å². The number of hydrogen-bond donors (Lipinski definition) is 0. The summed E-state index contributed by atoms with van der Waals surface area (Å²) in [4.78, 5) is 27.4. The standard InChI is InChI=1S/C17H21FN2O4/c1-13(21)20(15-4-2-3-14(18)11-15)12-16(22)19-7-5-17(6-8-19)23-9-10-24-17/h2-4,11H,5-10,12H2,1H3. The van der Waals surface area contributed by atoms with Crippen molar-refractivity contribution in [3.05, 3.63) is 30.1 Å². The average molecular weight is 336 g/mol. The molecule has 0 bridgehead atoms. The third-order valence-corrected chi connectivity index (χ3v) is 4.48. The summed E-state index contributed by atoms with van der Waals surface area (Å²) in [5, 5.41) is 0. The molecule has 1 aromatic carbocycles. The number of nitrogens with zero attached hydrogens (tertiary/aromatic N) is 2. The van der Waals surface area contributed by atoms with Gasteiger partial charge in [-0.15, -0.1) is 0 Å². The summed E-state index contributed by atoms with van der Waals surface area (Å²) in [7, 11) is 0. The molecule has 0 N–H and O–H groups in total. The van der Waals surface area contributed by atoms with Crippen molar-refractivity contribution in [3.8, 4) is 0 Å². The molecular formula is C17H21FN2O4. The molecule has 0 unspecified atom stereocenters. The number of ether oxygens (including phenoxy) is 2. The molecule has 24 heavy (non-hydrogen) atoms. The van der Waals surface area contributed by atoms with Crippen LogP contribution >= 0.6 is 0 Å². The lowest BCUT2D eigenvalue weighted by atomic mass is 10.0. The average Bonchev–Trinajstić information content (AvgIpc) is 3.01. The van der Waals surface area contributed by atoms with Crippen LogP contribution in [0.15, 0.2) is 24.3 Å². The van der Waals surface area contributed by atoms with E-state index in [4.69, 9.17) is 9.47 Å². The maximum atomic E-state index is 13.4. The predicted octanol–water partition coefficient (Wildman–Crippen LogP) is 1.54. The van der Waals surface area contributed by atoms with Gasteiger partial charge < -0.3 is 19.3 Å². The number of amides is 2. The van der Waals surface area contributed by atoms with Crippen molar-refractivity contribution < 1.29 is 23.5 Å². The molecule has 0 saturated carbocycles. The van der Waals surface area contributed by atoms with Crippen LogP contribution in [0.2, 0.25) is 0 Å². The van der Waals surface area contributed by atoms with Crippen molar-refractivity contribution in [3.63, 3.8) is 0 Å². The molecule has 2 heterocycles. The Kier molecular flexibility index (Phi) is 4.82. The Hall–Kier alpha value is -1.99. The quantitative estimate of drug-likeness (QED) is 0.840. The van der Waals surface area contributed by atoms with Crippen LogP contribution in [0.25, 0.3) is 0 Å². The first-order valence-electron chi connectivity index (χ1n) is 8.08. The number of piperidine rings is 1. The zero-order valence-corrected chi connectivity index (χ0v) is 13.7. The zero-order valence-electron chi connectivity index (χ0n) is 13.7. The highest BCUT2D eigenvalue weighted by Crippen LogP contribution is 2.31. The van der Waals surface area contributed by atoms with Crippen molar-refractivity contribution >= 4 is 17.5 Å². The fourth-order valence-corrected chi connectivity index (χ4v) is 3.15. The monoisotopic (exact) mass is 336 g/mol. The molecule has 3 rings (SSSR count). The Bertz CT molecular complexity index is 621. The second kappa shape index (κ2) is 6.86. The minimum Gasteiger partial charge on any atom is -0.347 e. The van der Waals surface area contributed by atoms with E-state index < -0.39 is 11.6 Å². The predicted molar refractivity (Wildman–Crippen MR) is 84.9 cm³/mol. The van der Waals surface area contributed by atoms with Crippen molar-refractivity contribution in [1.29, 1.82) is 0 Å². The summed E-state index contributed by atoms with van der Waals surface area (Å²) < 4.78 is 24.7. The van der Waals surface area contributed by atoms with Crippen LogP contribution in [-0.2, 0) is 19.1 Å². The molecule has 0 radical (unpaired) electrons. The minimum absolute atomic E-state index is 0.104. The molecule has 0 atom stereocenters. The number of benzene rings is 1. The van der Waals surface area contributed by atoms with Crippen LogP contribution in [-0.4, -0.2) is 55.3 Å². The first kappa shape index (κ1) is 16.9. The van der Waals surface area contributed by atoms with Gasteiger partial charge >= 0.3 is 0 Å². The van der Waals surface area contributed by atoms with Crippen LogP contribution in [0.1, 0.15) is 19.8 Å². The Morgan fingerprint density at radius 3 is 2.50 bits per heavy atom. The molecule has 6 nitrogen and oxygen atoms in total. The Morgan fingerprint density at radius 2 is 1.92 bits per heavy atom. The summed E-state index contributed by atoms with van der Waals surface area (Å²) in [6.45, 7) is 3.48. The molecule has 1 spiro atoms. The summed E-state index contributed by atoms with van der Waals surface area (Å²) in [6.07, 6.45) is 1.25. The van der Waals surface area contributed by atoms with Crippen LogP contribution in [0.4, 0.5) is 10.1 Å². The number of halogens is 1. The van der Waals surface area contributed by atoms with Gasteiger partial charge in [-0.05, 0) is 18.2 Å². The van der Waals surface area contributed by atoms with Crippen LogP contribution in [0, 0.1) is 5.82 Å². The molecule has 2 fully saturated rings. The highest BCUT2D eigenvalue weighted by atomic mass is 19.1. The van der Waals surface area contributed by atoms with E-state index in [1.54, 1.807) is 11.0 Å². The van der Waals surface area contributed by atoms with E-state index in [1.807, 2.05) is 0 Å². The van der Waals surface area contributed by atoms with E-state index in [0.29, 0.717) is 44.8 Å². The van der Waals surface area contributed by atoms with E-state index >= 15 is 0 Å². The van der Waals surface area contributed by atoms with Gasteiger partial charge in [0.2, 0.25) is 11.8 Å². The number of likely N-dealkylation sites (tertiary alicyclic amines) is 1. The van der Waals surface area contributed by atoms with Gasteiger partial charge in [-0.2, -0.15) is 0 Å². The van der Waals surface area contributed by atoms with Gasteiger partial charge in [0.15, 0.2) is 5.79 Å². The Morgan fingerprint density at radius 1 is 1.25 bits per heavy atom. The van der Waals surface area contributed by atoms with E-state index in [1.165, 1.54) is 30.0 Å². The second-order valence-corrected chi connectivity index (χ2v) is 6.07. The fraction of sp³-hybridized carbons (Fsp3) is 0.529. The van der Waals surface area contributed by atoms with Gasteiger partial charge in [-0.1, -0.05) is 6.07 Å². The van der Waals surface area contributed by atoms with Crippen molar-refractivity contribution in [2.24, 2.45) is 0 Å². The molecule has 2 saturated heterocycles. The van der Waals surface area contributed by atoms with Crippen molar-refractivity contribution in [2.45, 2.75) is 25.6 Å². The third-order valence-electron chi connectivity index (χ3n) is 4.48. The molecular weight excluding hydrogens is 315 g/mol. The highest BCUT2D eigenvalue weighted by Gasteiger charge is 2.40. The highest BCUT2D eigenvalue weighted by molar-refractivity contribution is 5.97. The molecule has 0 aliphatic carbocycles. The smallest absolute Gasteiger partial charge is 0.242 e. The number of carbonyl (C=O) groups is 2. The zero-order chi connectivity index (χ0) is 17.2. The Labute approximate surface area is 140 Å². The third kappa shape index (κ3) is 3.57. The molecule has 2 amide bonds. The Balaban J connectivity index is 1.63. The normalized spacial score (nSPS) is 19.5. The minimum atomic E-state index is -0.542. The summed E-state index contributed by atoms with van der Waals surface area (Å²) in [5.41, 5.74) is 0.381. The summed E-state index contributed by atoms with van der Waals surface area (Å²) in [6, 6.07) is 5.68. The summed E-state index contributed by atoms with van der Waals surface area (Å²) >= 11 is 0. The molecule has 130 valence electrons. The lowest BCUT2D eigenvalue weighted by Crippen LogP contribution is -2.50. The van der Waals surface area contributed by atoms with Crippen LogP contribution in [0.5, 0.6) is 0 Å². The molecule has 2 aliphatic heterocycles. The van der Waals surface area contributed by atoms with Gasteiger partial charge in [-0.3, -0.25) is 9.59 Å². The lowest BCUT2D eigenvalue weighted by molar-refractivity contribution is -0.187. The molecule has 1 aromatic rings. The van der Waals surface area contributed by atoms with Gasteiger partial charge in [0.05, 0.1) is 13.2 Å².